The van der Waals surface area contributed by atoms with Gasteiger partial charge < -0.3 is 5.11 Å². The molecule has 1 atom stereocenters. The highest BCUT2D eigenvalue weighted by Gasteiger charge is 2.12. The van der Waals surface area contributed by atoms with Gasteiger partial charge in [0, 0.05) is 6.54 Å². The van der Waals surface area contributed by atoms with E-state index in [4.69, 9.17) is 0 Å². The molecule has 96 valence electrons. The van der Waals surface area contributed by atoms with Gasteiger partial charge in [-0.1, -0.05) is 30.3 Å². The van der Waals surface area contributed by atoms with Gasteiger partial charge in [-0.15, -0.1) is 21.5 Å². The molecular weight excluding hydrogens is 246 g/mol. The summed E-state index contributed by atoms with van der Waals surface area (Å²) in [4.78, 5) is 2.05. The van der Waals surface area contributed by atoms with Gasteiger partial charge in [-0.25, -0.2) is 0 Å². The predicted molar refractivity (Wildman–Crippen MR) is 72.4 cm³/mol. The molecule has 0 amide bonds. The fourth-order valence-corrected chi connectivity index (χ4v) is 2.56. The molecule has 1 heterocycles. The minimum atomic E-state index is -0.467. The van der Waals surface area contributed by atoms with Gasteiger partial charge in [0.25, 0.3) is 0 Å². The van der Waals surface area contributed by atoms with Gasteiger partial charge in [-0.3, -0.25) is 4.90 Å². The van der Waals surface area contributed by atoms with Gasteiger partial charge in [0.05, 0.1) is 12.6 Å². The minimum Gasteiger partial charge on any atom is -0.387 e. The molecule has 4 nitrogen and oxygen atoms in total. The second-order valence-electron chi connectivity index (χ2n) is 4.34. The van der Waals surface area contributed by atoms with Crippen molar-refractivity contribution in [2.45, 2.75) is 19.6 Å². The average molecular weight is 263 g/mol. The maximum absolute atomic E-state index is 10.1. The summed E-state index contributed by atoms with van der Waals surface area (Å²) >= 11 is 1.59. The summed E-state index contributed by atoms with van der Waals surface area (Å²) in [6, 6.07) is 9.70. The van der Waals surface area contributed by atoms with Crippen LogP contribution in [0.5, 0.6) is 0 Å². The third-order valence-corrected chi connectivity index (χ3v) is 3.47. The Balaban J connectivity index is 1.89. The number of aryl methyl sites for hydroxylation is 1. The van der Waals surface area contributed by atoms with Crippen molar-refractivity contribution < 1.29 is 5.11 Å². The molecule has 0 saturated heterocycles. The SMILES string of the molecule is Cc1nnc(CN(C)C[C@@H](O)c2ccccc2)s1. The number of hydrogen-bond acceptors (Lipinski definition) is 5. The van der Waals surface area contributed by atoms with E-state index in [9.17, 15) is 5.11 Å². The van der Waals surface area contributed by atoms with Crippen LogP contribution >= 0.6 is 11.3 Å². The molecule has 1 aromatic heterocycles. The van der Waals surface area contributed by atoms with E-state index in [1.807, 2.05) is 44.3 Å². The highest BCUT2D eigenvalue weighted by molar-refractivity contribution is 7.11. The Bertz CT molecular complexity index is 486. The number of nitrogens with zero attached hydrogens (tertiary/aromatic N) is 3. The van der Waals surface area contributed by atoms with Crippen LogP contribution < -0.4 is 0 Å². The van der Waals surface area contributed by atoms with Crippen molar-refractivity contribution in [2.75, 3.05) is 13.6 Å². The molecule has 0 spiro atoms. The molecule has 1 aromatic carbocycles. The van der Waals surface area contributed by atoms with Crippen molar-refractivity contribution in [2.24, 2.45) is 0 Å². The lowest BCUT2D eigenvalue weighted by atomic mass is 10.1. The van der Waals surface area contributed by atoms with Crippen LogP contribution in [0.25, 0.3) is 0 Å². The predicted octanol–water partition coefficient (Wildman–Crippen LogP) is 2.01. The van der Waals surface area contributed by atoms with Crippen molar-refractivity contribution in [3.63, 3.8) is 0 Å². The first-order valence-corrected chi connectivity index (χ1v) is 6.67. The van der Waals surface area contributed by atoms with Crippen molar-refractivity contribution in [3.8, 4) is 0 Å². The topological polar surface area (TPSA) is 49.2 Å². The summed E-state index contributed by atoms with van der Waals surface area (Å²) in [6.45, 7) is 3.25. The second-order valence-corrected chi connectivity index (χ2v) is 5.60. The number of aliphatic hydroxyl groups is 1. The zero-order chi connectivity index (χ0) is 13.0. The van der Waals surface area contributed by atoms with E-state index >= 15 is 0 Å². The molecule has 0 saturated carbocycles. The Morgan fingerprint density at radius 3 is 2.61 bits per heavy atom. The molecule has 0 fully saturated rings. The molecule has 1 N–H and O–H groups in total. The molecule has 0 bridgehead atoms. The standard InChI is InChI=1S/C13H17N3OS/c1-10-14-15-13(18-10)9-16(2)8-12(17)11-6-4-3-5-7-11/h3-7,12,17H,8-9H2,1-2H3/t12-/m1/s1. The van der Waals surface area contributed by atoms with Crippen LogP contribution in [0.4, 0.5) is 0 Å². The van der Waals surface area contributed by atoms with Crippen LogP contribution in [0.1, 0.15) is 21.7 Å². The highest BCUT2D eigenvalue weighted by atomic mass is 32.1. The van der Waals surface area contributed by atoms with Gasteiger partial charge in [0.15, 0.2) is 0 Å². The first-order chi connectivity index (χ1) is 8.65. The first-order valence-electron chi connectivity index (χ1n) is 5.85. The van der Waals surface area contributed by atoms with Crippen molar-refractivity contribution in [1.82, 2.24) is 15.1 Å². The third kappa shape index (κ3) is 3.60. The molecule has 2 aromatic rings. The fraction of sp³-hybridized carbons (Fsp3) is 0.385. The molecular formula is C13H17N3OS. The van der Waals surface area contributed by atoms with Crippen LogP contribution in [-0.4, -0.2) is 33.8 Å². The molecule has 5 heteroatoms. The van der Waals surface area contributed by atoms with Gasteiger partial charge in [0.1, 0.15) is 10.0 Å². The quantitative estimate of drug-likeness (QED) is 0.896. The number of likely N-dealkylation sites (N-methyl/N-ethyl adjacent to an activating group) is 1. The molecule has 2 rings (SSSR count). The minimum absolute atomic E-state index is 0.467. The van der Waals surface area contributed by atoms with E-state index in [1.54, 1.807) is 11.3 Å². The number of aliphatic hydroxyl groups excluding tert-OH is 1. The van der Waals surface area contributed by atoms with Gasteiger partial charge in [0.2, 0.25) is 0 Å². The molecule has 0 aliphatic carbocycles. The van der Waals surface area contributed by atoms with Crippen LogP contribution in [0.2, 0.25) is 0 Å². The average Bonchev–Trinajstić information content (AvgIpc) is 2.75. The summed E-state index contributed by atoms with van der Waals surface area (Å²) in [6.07, 6.45) is -0.467. The van der Waals surface area contributed by atoms with Gasteiger partial charge in [-0.05, 0) is 19.5 Å². The zero-order valence-electron chi connectivity index (χ0n) is 10.6. The highest BCUT2D eigenvalue weighted by Crippen LogP contribution is 2.15. The summed E-state index contributed by atoms with van der Waals surface area (Å²) in [5.74, 6) is 0. The first kappa shape index (κ1) is 13.1. The maximum Gasteiger partial charge on any atom is 0.131 e. The Morgan fingerprint density at radius 2 is 2.00 bits per heavy atom. The van der Waals surface area contributed by atoms with Crippen LogP contribution in [0, 0.1) is 6.92 Å². The second kappa shape index (κ2) is 6.04. The van der Waals surface area contributed by atoms with Crippen LogP contribution in [0.3, 0.4) is 0 Å². The van der Waals surface area contributed by atoms with Crippen LogP contribution in [-0.2, 0) is 6.54 Å². The van der Waals surface area contributed by atoms with Gasteiger partial charge >= 0.3 is 0 Å². The lowest BCUT2D eigenvalue weighted by Crippen LogP contribution is -2.24. The van der Waals surface area contributed by atoms with E-state index in [0.717, 1.165) is 22.1 Å². The van der Waals surface area contributed by atoms with Crippen molar-refractivity contribution >= 4 is 11.3 Å². The van der Waals surface area contributed by atoms with Gasteiger partial charge in [-0.2, -0.15) is 0 Å². The maximum atomic E-state index is 10.1. The van der Waals surface area contributed by atoms with E-state index in [1.165, 1.54) is 0 Å². The monoisotopic (exact) mass is 263 g/mol. The zero-order valence-corrected chi connectivity index (χ0v) is 11.4. The fourth-order valence-electron chi connectivity index (χ4n) is 1.77. The lowest BCUT2D eigenvalue weighted by molar-refractivity contribution is 0.123. The number of rotatable bonds is 5. The summed E-state index contributed by atoms with van der Waals surface area (Å²) < 4.78 is 0. The Labute approximate surface area is 111 Å². The Hall–Kier alpha value is -1.30. The number of benzene rings is 1. The number of hydrogen-bond donors (Lipinski definition) is 1. The van der Waals surface area contributed by atoms with Crippen molar-refractivity contribution in [1.29, 1.82) is 0 Å². The van der Waals surface area contributed by atoms with Crippen molar-refractivity contribution in [3.05, 3.63) is 45.9 Å². The number of aromatic nitrogens is 2. The Kier molecular flexibility index (Phi) is 4.41. The van der Waals surface area contributed by atoms with E-state index in [-0.39, 0.29) is 0 Å². The van der Waals surface area contributed by atoms with Crippen LogP contribution in [0.15, 0.2) is 30.3 Å². The molecule has 0 aliphatic rings. The summed E-state index contributed by atoms with van der Waals surface area (Å²) in [5, 5.41) is 20.1. The summed E-state index contributed by atoms with van der Waals surface area (Å²) in [7, 11) is 1.98. The smallest absolute Gasteiger partial charge is 0.131 e. The molecule has 0 unspecified atom stereocenters. The van der Waals surface area contributed by atoms with E-state index in [0.29, 0.717) is 6.54 Å². The Morgan fingerprint density at radius 1 is 1.28 bits per heavy atom. The summed E-state index contributed by atoms with van der Waals surface area (Å²) in [5.41, 5.74) is 0.942. The largest absolute Gasteiger partial charge is 0.387 e. The molecule has 0 radical (unpaired) electrons. The van der Waals surface area contributed by atoms with E-state index in [2.05, 4.69) is 15.1 Å². The molecule has 18 heavy (non-hydrogen) atoms. The third-order valence-electron chi connectivity index (χ3n) is 2.64. The normalized spacial score (nSPS) is 12.9. The molecule has 0 aliphatic heterocycles. The lowest BCUT2D eigenvalue weighted by Gasteiger charge is -2.19. The van der Waals surface area contributed by atoms with E-state index < -0.39 is 6.10 Å².